The number of rotatable bonds is 8. The molecule has 2 aromatic rings. The Labute approximate surface area is 157 Å². The van der Waals surface area contributed by atoms with E-state index in [4.69, 9.17) is 30.5 Å². The largest absolute Gasteiger partial charge is 0.497 e. The number of carbonyl (C=O) groups excluding carboxylic acids is 1. The summed E-state index contributed by atoms with van der Waals surface area (Å²) in [6, 6.07) is 8.42. The predicted molar refractivity (Wildman–Crippen MR) is 101 cm³/mol. The Kier molecular flexibility index (Phi) is 6.80. The third kappa shape index (κ3) is 4.64. The van der Waals surface area contributed by atoms with Crippen molar-refractivity contribution in [1.82, 2.24) is 0 Å². The topological polar surface area (TPSA) is 78.1 Å². The van der Waals surface area contributed by atoms with Gasteiger partial charge in [0.05, 0.1) is 51.4 Å². The first-order valence-electron chi connectivity index (χ1n) is 7.69. The molecule has 0 heterocycles. The fourth-order valence-electron chi connectivity index (χ4n) is 2.27. The van der Waals surface area contributed by atoms with Crippen LogP contribution in [0.1, 0.15) is 0 Å². The van der Waals surface area contributed by atoms with Gasteiger partial charge in [-0.3, -0.25) is 4.79 Å². The minimum absolute atomic E-state index is 0.0102. The van der Waals surface area contributed by atoms with Gasteiger partial charge in [0.25, 0.3) is 0 Å². The van der Waals surface area contributed by atoms with Crippen LogP contribution in [0.2, 0.25) is 5.02 Å². The third-order valence-electron chi connectivity index (χ3n) is 3.60. The van der Waals surface area contributed by atoms with Crippen LogP contribution in [-0.4, -0.2) is 40.9 Å². The lowest BCUT2D eigenvalue weighted by Crippen LogP contribution is -2.22. The van der Waals surface area contributed by atoms with Gasteiger partial charge in [0, 0.05) is 18.2 Å². The molecule has 0 saturated heterocycles. The molecular weight excluding hydrogens is 360 g/mol. The fraction of sp³-hybridized carbons (Fsp3) is 0.278. The Hall–Kier alpha value is -2.80. The number of hydrogen-bond acceptors (Lipinski definition) is 6. The third-order valence-corrected chi connectivity index (χ3v) is 3.89. The average molecular weight is 381 g/mol. The number of methoxy groups -OCH3 is 4. The van der Waals surface area contributed by atoms with Crippen molar-refractivity contribution in [3.63, 3.8) is 0 Å². The maximum atomic E-state index is 12.3. The van der Waals surface area contributed by atoms with Gasteiger partial charge >= 0.3 is 0 Å². The van der Waals surface area contributed by atoms with E-state index in [1.54, 1.807) is 37.4 Å². The standard InChI is InChI=1S/C18H21ClN2O5/c1-23-11-5-6-13(16(7-11)25-3)21-18(22)10-20-14-9-15(24-2)12(19)8-17(14)26-4/h5-9,20H,10H2,1-4H3,(H,21,22). The number of anilines is 2. The van der Waals surface area contributed by atoms with E-state index in [1.165, 1.54) is 21.3 Å². The Morgan fingerprint density at radius 2 is 1.54 bits per heavy atom. The molecule has 2 N–H and O–H groups in total. The van der Waals surface area contributed by atoms with Crippen LogP contribution in [0.25, 0.3) is 0 Å². The fourth-order valence-corrected chi connectivity index (χ4v) is 2.50. The minimum Gasteiger partial charge on any atom is -0.497 e. The highest BCUT2D eigenvalue weighted by molar-refractivity contribution is 6.32. The zero-order valence-electron chi connectivity index (χ0n) is 15.0. The molecule has 0 aliphatic heterocycles. The lowest BCUT2D eigenvalue weighted by molar-refractivity contribution is -0.114. The Morgan fingerprint density at radius 1 is 0.885 bits per heavy atom. The quantitative estimate of drug-likeness (QED) is 0.730. The number of amides is 1. The summed E-state index contributed by atoms with van der Waals surface area (Å²) in [6.07, 6.45) is 0. The second-order valence-corrected chi connectivity index (χ2v) is 5.56. The molecule has 2 rings (SSSR count). The molecule has 1 amide bonds. The molecule has 0 aromatic heterocycles. The highest BCUT2D eigenvalue weighted by atomic mass is 35.5. The van der Waals surface area contributed by atoms with E-state index < -0.39 is 0 Å². The lowest BCUT2D eigenvalue weighted by atomic mass is 10.2. The van der Waals surface area contributed by atoms with Gasteiger partial charge in [-0.15, -0.1) is 0 Å². The summed E-state index contributed by atoms with van der Waals surface area (Å²) < 4.78 is 20.9. The van der Waals surface area contributed by atoms with Crippen LogP contribution in [0.5, 0.6) is 23.0 Å². The monoisotopic (exact) mass is 380 g/mol. The van der Waals surface area contributed by atoms with Gasteiger partial charge in [-0.1, -0.05) is 11.6 Å². The Bertz CT molecular complexity index is 782. The van der Waals surface area contributed by atoms with Gasteiger partial charge in [0.2, 0.25) is 5.91 Å². The number of nitrogens with one attached hydrogen (secondary N) is 2. The van der Waals surface area contributed by atoms with Gasteiger partial charge < -0.3 is 29.6 Å². The normalized spacial score (nSPS) is 10.0. The average Bonchev–Trinajstić information content (AvgIpc) is 2.66. The van der Waals surface area contributed by atoms with Crippen LogP contribution in [-0.2, 0) is 4.79 Å². The van der Waals surface area contributed by atoms with Crippen LogP contribution < -0.4 is 29.6 Å². The molecule has 0 radical (unpaired) electrons. The van der Waals surface area contributed by atoms with Gasteiger partial charge in [-0.05, 0) is 12.1 Å². The van der Waals surface area contributed by atoms with E-state index in [-0.39, 0.29) is 12.5 Å². The van der Waals surface area contributed by atoms with Crippen molar-refractivity contribution >= 4 is 28.9 Å². The summed E-state index contributed by atoms with van der Waals surface area (Å²) in [7, 11) is 6.12. The number of halogens is 1. The van der Waals surface area contributed by atoms with Crippen molar-refractivity contribution in [3.8, 4) is 23.0 Å². The molecule has 140 valence electrons. The molecule has 0 unspecified atom stereocenters. The molecule has 0 bridgehead atoms. The molecule has 0 fully saturated rings. The Balaban J connectivity index is 2.08. The van der Waals surface area contributed by atoms with Crippen LogP contribution >= 0.6 is 11.6 Å². The Morgan fingerprint density at radius 3 is 2.15 bits per heavy atom. The number of ether oxygens (including phenoxy) is 4. The molecule has 0 atom stereocenters. The van der Waals surface area contributed by atoms with Crippen molar-refractivity contribution in [3.05, 3.63) is 35.4 Å². The first kappa shape index (κ1) is 19.5. The first-order valence-corrected chi connectivity index (χ1v) is 8.07. The highest BCUT2D eigenvalue weighted by Gasteiger charge is 2.12. The van der Waals surface area contributed by atoms with Crippen molar-refractivity contribution < 1.29 is 23.7 Å². The van der Waals surface area contributed by atoms with E-state index >= 15 is 0 Å². The van der Waals surface area contributed by atoms with E-state index in [1.807, 2.05) is 0 Å². The number of benzene rings is 2. The SMILES string of the molecule is COc1ccc(NC(=O)CNc2cc(OC)c(Cl)cc2OC)c(OC)c1. The summed E-state index contributed by atoms with van der Waals surface area (Å²) in [4.78, 5) is 12.3. The molecule has 8 heteroatoms. The molecule has 26 heavy (non-hydrogen) atoms. The maximum Gasteiger partial charge on any atom is 0.243 e. The summed E-state index contributed by atoms with van der Waals surface area (Å²) in [6.45, 7) is 0.0102. The van der Waals surface area contributed by atoms with Crippen molar-refractivity contribution in [2.45, 2.75) is 0 Å². The molecule has 7 nitrogen and oxygen atoms in total. The molecule has 2 aromatic carbocycles. The molecule has 0 aliphatic rings. The molecular formula is C18H21ClN2O5. The summed E-state index contributed by atoms with van der Waals surface area (Å²) in [5.41, 5.74) is 1.13. The van der Waals surface area contributed by atoms with Gasteiger partial charge in [-0.2, -0.15) is 0 Å². The second-order valence-electron chi connectivity index (χ2n) is 5.15. The smallest absolute Gasteiger partial charge is 0.243 e. The number of hydrogen-bond donors (Lipinski definition) is 2. The van der Waals surface area contributed by atoms with Crippen LogP contribution in [0.4, 0.5) is 11.4 Å². The van der Waals surface area contributed by atoms with Crippen molar-refractivity contribution in [2.75, 3.05) is 45.6 Å². The van der Waals surface area contributed by atoms with Crippen LogP contribution in [0.15, 0.2) is 30.3 Å². The van der Waals surface area contributed by atoms with E-state index in [0.717, 1.165) is 0 Å². The van der Waals surface area contributed by atoms with Gasteiger partial charge in [-0.25, -0.2) is 0 Å². The number of carbonyl (C=O) groups is 1. The van der Waals surface area contributed by atoms with E-state index in [0.29, 0.717) is 39.4 Å². The highest BCUT2D eigenvalue weighted by Crippen LogP contribution is 2.35. The van der Waals surface area contributed by atoms with Crippen molar-refractivity contribution in [1.29, 1.82) is 0 Å². The summed E-state index contributed by atoms with van der Waals surface area (Å²) >= 11 is 6.07. The predicted octanol–water partition coefficient (Wildman–Crippen LogP) is 3.43. The molecule has 0 spiro atoms. The van der Waals surface area contributed by atoms with E-state index in [9.17, 15) is 4.79 Å². The lowest BCUT2D eigenvalue weighted by Gasteiger charge is -2.15. The van der Waals surface area contributed by atoms with Gasteiger partial charge in [0.15, 0.2) is 0 Å². The zero-order valence-corrected chi connectivity index (χ0v) is 15.8. The van der Waals surface area contributed by atoms with Crippen LogP contribution in [0.3, 0.4) is 0 Å². The zero-order chi connectivity index (χ0) is 19.1. The molecule has 0 saturated carbocycles. The minimum atomic E-state index is -0.260. The van der Waals surface area contributed by atoms with Crippen molar-refractivity contribution in [2.24, 2.45) is 0 Å². The molecule has 0 aliphatic carbocycles. The second kappa shape index (κ2) is 9.05. The van der Waals surface area contributed by atoms with E-state index in [2.05, 4.69) is 10.6 Å². The summed E-state index contributed by atoms with van der Waals surface area (Å²) in [5.74, 6) is 1.86. The maximum absolute atomic E-state index is 12.3. The van der Waals surface area contributed by atoms with Crippen LogP contribution in [0, 0.1) is 0 Å². The summed E-state index contributed by atoms with van der Waals surface area (Å²) in [5, 5.41) is 6.20. The first-order chi connectivity index (χ1) is 12.5. The van der Waals surface area contributed by atoms with Gasteiger partial charge in [0.1, 0.15) is 23.0 Å².